The average Bonchev–Trinajstić information content (AvgIpc) is 2.28. The van der Waals surface area contributed by atoms with Gasteiger partial charge in [0, 0.05) is 12.7 Å². The van der Waals surface area contributed by atoms with E-state index in [1.807, 2.05) is 11.8 Å². The third-order valence-electron chi connectivity index (χ3n) is 3.44. The van der Waals surface area contributed by atoms with Gasteiger partial charge in [-0.1, -0.05) is 6.92 Å². The summed E-state index contributed by atoms with van der Waals surface area (Å²) >= 11 is 0. The maximum absolute atomic E-state index is 13.1. The van der Waals surface area contributed by atoms with E-state index >= 15 is 0 Å². The molecule has 0 amide bonds. The van der Waals surface area contributed by atoms with Crippen molar-refractivity contribution < 1.29 is 14.3 Å². The normalized spacial score (nSPS) is 25.0. The molecule has 2 atom stereocenters. The summed E-state index contributed by atoms with van der Waals surface area (Å²) in [5.74, 6) is -1.06. The van der Waals surface area contributed by atoms with Crippen molar-refractivity contribution in [2.24, 2.45) is 5.92 Å². The molecule has 1 aromatic rings. The van der Waals surface area contributed by atoms with Gasteiger partial charge in [0.2, 0.25) is 0 Å². The van der Waals surface area contributed by atoms with Crippen LogP contribution in [0, 0.1) is 11.7 Å². The molecule has 0 radical (unpaired) electrons. The van der Waals surface area contributed by atoms with Gasteiger partial charge in [-0.25, -0.2) is 4.39 Å². The van der Waals surface area contributed by atoms with Crippen LogP contribution in [0.5, 0.6) is 0 Å². The molecule has 1 saturated heterocycles. The number of likely N-dealkylation sites (tertiary alicyclic amines) is 1. The second-order valence-corrected chi connectivity index (χ2v) is 4.88. The summed E-state index contributed by atoms with van der Waals surface area (Å²) in [5, 5.41) is 9.28. The molecule has 1 aromatic heterocycles. The van der Waals surface area contributed by atoms with Crippen LogP contribution in [0.2, 0.25) is 0 Å². The first-order chi connectivity index (χ1) is 8.58. The fourth-order valence-electron chi connectivity index (χ4n) is 2.63. The van der Waals surface area contributed by atoms with Crippen molar-refractivity contribution in [3.8, 4) is 0 Å². The maximum Gasteiger partial charge on any atom is 0.321 e. The number of rotatable bonds is 3. The van der Waals surface area contributed by atoms with Crippen molar-refractivity contribution in [1.82, 2.24) is 9.88 Å². The molecule has 0 saturated carbocycles. The molecule has 1 aliphatic rings. The number of piperidine rings is 1. The summed E-state index contributed by atoms with van der Waals surface area (Å²) in [7, 11) is 0. The SMILES string of the molecule is CC1CCCN(Cc2cncc(F)c2)C1C(=O)O. The number of pyridine rings is 1. The van der Waals surface area contributed by atoms with Crippen LogP contribution in [0.4, 0.5) is 4.39 Å². The minimum atomic E-state index is -0.799. The second-order valence-electron chi connectivity index (χ2n) is 4.88. The van der Waals surface area contributed by atoms with Gasteiger partial charge >= 0.3 is 5.97 Å². The largest absolute Gasteiger partial charge is 0.480 e. The van der Waals surface area contributed by atoms with Crippen LogP contribution in [-0.2, 0) is 11.3 Å². The minimum Gasteiger partial charge on any atom is -0.480 e. The topological polar surface area (TPSA) is 53.4 Å². The predicted molar refractivity (Wildman–Crippen MR) is 64.4 cm³/mol. The van der Waals surface area contributed by atoms with Crippen molar-refractivity contribution in [3.63, 3.8) is 0 Å². The third kappa shape index (κ3) is 2.85. The first-order valence-corrected chi connectivity index (χ1v) is 6.14. The van der Waals surface area contributed by atoms with E-state index in [2.05, 4.69) is 4.98 Å². The molecule has 1 N–H and O–H groups in total. The molecule has 0 bridgehead atoms. The number of aliphatic carboxylic acids is 1. The highest BCUT2D eigenvalue weighted by Gasteiger charge is 2.33. The molecule has 2 heterocycles. The zero-order chi connectivity index (χ0) is 13.1. The molecule has 0 aliphatic carbocycles. The molecule has 18 heavy (non-hydrogen) atoms. The van der Waals surface area contributed by atoms with Gasteiger partial charge in [0.25, 0.3) is 0 Å². The van der Waals surface area contributed by atoms with Crippen LogP contribution in [-0.4, -0.2) is 33.5 Å². The molecular formula is C13H17FN2O2. The number of halogens is 1. The fourth-order valence-corrected chi connectivity index (χ4v) is 2.63. The molecule has 0 aromatic carbocycles. The molecule has 0 spiro atoms. The Labute approximate surface area is 105 Å². The van der Waals surface area contributed by atoms with Gasteiger partial charge in [0.05, 0.1) is 6.20 Å². The number of nitrogens with zero attached hydrogens (tertiary/aromatic N) is 2. The smallest absolute Gasteiger partial charge is 0.321 e. The summed E-state index contributed by atoms with van der Waals surface area (Å²) in [6.45, 7) is 3.12. The summed E-state index contributed by atoms with van der Waals surface area (Å²) < 4.78 is 13.1. The Balaban J connectivity index is 2.13. The van der Waals surface area contributed by atoms with Gasteiger partial charge in [-0.15, -0.1) is 0 Å². The highest BCUT2D eigenvalue weighted by Crippen LogP contribution is 2.25. The van der Waals surface area contributed by atoms with Crippen molar-refractivity contribution in [3.05, 3.63) is 29.8 Å². The van der Waals surface area contributed by atoms with E-state index in [4.69, 9.17) is 0 Å². The summed E-state index contributed by atoms with van der Waals surface area (Å²) in [4.78, 5) is 17.0. The van der Waals surface area contributed by atoms with Gasteiger partial charge < -0.3 is 5.11 Å². The fraction of sp³-hybridized carbons (Fsp3) is 0.538. The highest BCUT2D eigenvalue weighted by molar-refractivity contribution is 5.74. The lowest BCUT2D eigenvalue weighted by Crippen LogP contribution is -2.48. The van der Waals surface area contributed by atoms with E-state index in [1.54, 1.807) is 6.20 Å². The zero-order valence-electron chi connectivity index (χ0n) is 10.3. The van der Waals surface area contributed by atoms with E-state index in [-0.39, 0.29) is 11.7 Å². The van der Waals surface area contributed by atoms with Gasteiger partial charge in [-0.05, 0) is 36.9 Å². The lowest BCUT2D eigenvalue weighted by Gasteiger charge is -2.37. The molecular weight excluding hydrogens is 235 g/mol. The second kappa shape index (κ2) is 5.44. The lowest BCUT2D eigenvalue weighted by atomic mass is 9.90. The number of carboxylic acid groups (broad SMARTS) is 1. The Morgan fingerprint density at radius 3 is 3.06 bits per heavy atom. The summed E-state index contributed by atoms with van der Waals surface area (Å²) in [6.07, 6.45) is 4.64. The molecule has 4 nitrogen and oxygen atoms in total. The number of carbonyl (C=O) groups is 1. The zero-order valence-corrected chi connectivity index (χ0v) is 10.3. The number of hydrogen-bond acceptors (Lipinski definition) is 3. The van der Waals surface area contributed by atoms with Gasteiger partial charge in [-0.2, -0.15) is 0 Å². The van der Waals surface area contributed by atoms with Crippen molar-refractivity contribution in [2.45, 2.75) is 32.4 Å². The van der Waals surface area contributed by atoms with Crippen molar-refractivity contribution in [2.75, 3.05) is 6.54 Å². The van der Waals surface area contributed by atoms with Crippen LogP contribution in [0.25, 0.3) is 0 Å². The van der Waals surface area contributed by atoms with E-state index in [0.717, 1.165) is 31.1 Å². The monoisotopic (exact) mass is 252 g/mol. The lowest BCUT2D eigenvalue weighted by molar-refractivity contribution is -0.147. The summed E-state index contributed by atoms with van der Waals surface area (Å²) in [5.41, 5.74) is 0.718. The number of aromatic nitrogens is 1. The Morgan fingerprint density at radius 1 is 1.61 bits per heavy atom. The highest BCUT2D eigenvalue weighted by atomic mass is 19.1. The number of hydrogen-bond donors (Lipinski definition) is 1. The van der Waals surface area contributed by atoms with Crippen LogP contribution >= 0.6 is 0 Å². The van der Waals surface area contributed by atoms with E-state index in [9.17, 15) is 14.3 Å². The first kappa shape index (κ1) is 13.0. The van der Waals surface area contributed by atoms with Crippen molar-refractivity contribution >= 4 is 5.97 Å². The van der Waals surface area contributed by atoms with Crippen LogP contribution in [0.1, 0.15) is 25.3 Å². The molecule has 5 heteroatoms. The number of carboxylic acids is 1. The Hall–Kier alpha value is -1.49. The van der Waals surface area contributed by atoms with Crippen LogP contribution < -0.4 is 0 Å². The van der Waals surface area contributed by atoms with Gasteiger partial charge in [0.1, 0.15) is 11.9 Å². The van der Waals surface area contributed by atoms with Crippen LogP contribution in [0.3, 0.4) is 0 Å². The molecule has 2 rings (SSSR count). The van der Waals surface area contributed by atoms with Gasteiger partial charge in [-0.3, -0.25) is 14.7 Å². The third-order valence-corrected chi connectivity index (χ3v) is 3.44. The first-order valence-electron chi connectivity index (χ1n) is 6.14. The van der Waals surface area contributed by atoms with Crippen LogP contribution in [0.15, 0.2) is 18.5 Å². The van der Waals surface area contributed by atoms with E-state index in [0.29, 0.717) is 6.54 Å². The quantitative estimate of drug-likeness (QED) is 0.892. The standard InChI is InChI=1S/C13H17FN2O2/c1-9-3-2-4-16(12(9)13(17)18)8-10-5-11(14)7-15-6-10/h5-7,9,12H,2-4,8H2,1H3,(H,17,18). The Morgan fingerprint density at radius 2 is 2.39 bits per heavy atom. The molecule has 98 valence electrons. The average molecular weight is 252 g/mol. The minimum absolute atomic E-state index is 0.123. The van der Waals surface area contributed by atoms with Crippen molar-refractivity contribution in [1.29, 1.82) is 0 Å². The molecule has 1 aliphatic heterocycles. The maximum atomic E-state index is 13.1. The Bertz CT molecular complexity index is 439. The predicted octanol–water partition coefficient (Wildman–Crippen LogP) is 1.91. The molecule has 2 unspecified atom stereocenters. The van der Waals surface area contributed by atoms with Gasteiger partial charge in [0.15, 0.2) is 0 Å². The summed E-state index contributed by atoms with van der Waals surface area (Å²) in [6, 6.07) is 0.924. The molecule has 1 fully saturated rings. The van der Waals surface area contributed by atoms with E-state index in [1.165, 1.54) is 6.07 Å². The van der Waals surface area contributed by atoms with E-state index < -0.39 is 12.0 Å². The Kier molecular flexibility index (Phi) is 3.91.